The number of hydrogen-bond donors (Lipinski definition) is 1. The first kappa shape index (κ1) is 20.0. The van der Waals surface area contributed by atoms with Gasteiger partial charge in [-0.3, -0.25) is 0 Å². The average molecular weight is 406 g/mol. The Labute approximate surface area is 179 Å². The van der Waals surface area contributed by atoms with Gasteiger partial charge in [0.1, 0.15) is 0 Å². The van der Waals surface area contributed by atoms with Gasteiger partial charge in [0.2, 0.25) is 0 Å². The molecule has 1 aliphatic rings. The van der Waals surface area contributed by atoms with E-state index in [0.29, 0.717) is 6.04 Å². The maximum absolute atomic E-state index is 5.99. The first-order valence-electron chi connectivity index (χ1n) is 10.7. The number of aromatic nitrogens is 1. The number of fused-ring (bicyclic) bond motifs is 1. The van der Waals surface area contributed by atoms with Crippen LogP contribution in [0.2, 0.25) is 0 Å². The number of rotatable bonds is 4. The largest absolute Gasteiger partial charge is 0.350 e. The molecule has 0 amide bonds. The van der Waals surface area contributed by atoms with E-state index in [0.717, 1.165) is 17.3 Å². The van der Waals surface area contributed by atoms with Crippen LogP contribution < -0.4 is 5.32 Å². The highest BCUT2D eigenvalue weighted by atomic mass is 32.1. The van der Waals surface area contributed by atoms with Gasteiger partial charge in [0.15, 0.2) is 5.11 Å². The van der Waals surface area contributed by atoms with Crippen molar-refractivity contribution in [3.63, 3.8) is 0 Å². The first-order valence-corrected chi connectivity index (χ1v) is 11.1. The van der Waals surface area contributed by atoms with Gasteiger partial charge in [-0.1, -0.05) is 55.7 Å². The number of aryl methyl sites for hydroxylation is 3. The minimum absolute atomic E-state index is 0.507. The lowest BCUT2D eigenvalue weighted by Crippen LogP contribution is -2.43. The van der Waals surface area contributed by atoms with Crippen molar-refractivity contribution >= 4 is 33.9 Å². The summed E-state index contributed by atoms with van der Waals surface area (Å²) in [6.45, 7) is 5.14. The van der Waals surface area contributed by atoms with Gasteiger partial charge in [-0.05, 0) is 61.7 Å². The van der Waals surface area contributed by atoms with Gasteiger partial charge < -0.3 is 14.8 Å². The molecule has 0 radical (unpaired) electrons. The number of hydrogen-bond acceptors (Lipinski definition) is 1. The van der Waals surface area contributed by atoms with Gasteiger partial charge in [-0.15, -0.1) is 0 Å². The molecule has 1 aliphatic carbocycles. The molecule has 1 aromatic heterocycles. The quantitative estimate of drug-likeness (QED) is 0.512. The summed E-state index contributed by atoms with van der Waals surface area (Å²) in [6, 6.07) is 15.6. The molecule has 0 unspecified atom stereocenters. The molecule has 0 spiro atoms. The zero-order valence-corrected chi connectivity index (χ0v) is 18.6. The molecule has 0 saturated heterocycles. The maximum atomic E-state index is 5.99. The van der Waals surface area contributed by atoms with E-state index in [1.54, 1.807) is 0 Å². The summed E-state index contributed by atoms with van der Waals surface area (Å²) < 4.78 is 2.23. The van der Waals surface area contributed by atoms with E-state index < -0.39 is 0 Å². The molecule has 1 saturated carbocycles. The lowest BCUT2D eigenvalue weighted by Gasteiger charge is -2.36. The first-order chi connectivity index (χ1) is 14.0. The third-order valence-electron chi connectivity index (χ3n) is 6.31. The highest BCUT2D eigenvalue weighted by molar-refractivity contribution is 7.80. The van der Waals surface area contributed by atoms with E-state index in [4.69, 9.17) is 12.2 Å². The Morgan fingerprint density at radius 2 is 1.72 bits per heavy atom. The predicted octanol–water partition coefficient (Wildman–Crippen LogP) is 6.33. The number of nitrogens with one attached hydrogen (secondary N) is 1. The minimum Gasteiger partial charge on any atom is -0.350 e. The molecular formula is C25H31N3S. The Morgan fingerprint density at radius 3 is 2.45 bits per heavy atom. The molecule has 0 atom stereocenters. The van der Waals surface area contributed by atoms with E-state index >= 15 is 0 Å². The fraction of sp³-hybridized carbons (Fsp3) is 0.400. The van der Waals surface area contributed by atoms with E-state index in [-0.39, 0.29) is 0 Å². The zero-order valence-electron chi connectivity index (χ0n) is 17.7. The van der Waals surface area contributed by atoms with Crippen LogP contribution in [-0.2, 0) is 13.6 Å². The fourth-order valence-corrected chi connectivity index (χ4v) is 5.00. The van der Waals surface area contributed by atoms with Crippen molar-refractivity contribution in [3.05, 3.63) is 65.4 Å². The van der Waals surface area contributed by atoms with Gasteiger partial charge in [0.25, 0.3) is 0 Å². The van der Waals surface area contributed by atoms with Crippen LogP contribution in [0.1, 0.15) is 48.8 Å². The Kier molecular flexibility index (Phi) is 5.91. The molecule has 1 N–H and O–H groups in total. The number of anilines is 1. The Hall–Kier alpha value is -2.33. The molecule has 3 nitrogen and oxygen atoms in total. The Morgan fingerprint density at radius 1 is 1.03 bits per heavy atom. The molecule has 3 aromatic rings. The monoisotopic (exact) mass is 405 g/mol. The number of thiocarbonyl (C=S) groups is 1. The maximum Gasteiger partial charge on any atom is 0.173 e. The second-order valence-electron chi connectivity index (χ2n) is 8.40. The van der Waals surface area contributed by atoms with Gasteiger partial charge >= 0.3 is 0 Å². The van der Waals surface area contributed by atoms with E-state index in [1.165, 1.54) is 59.7 Å². The van der Waals surface area contributed by atoms with Gasteiger partial charge in [0, 0.05) is 42.4 Å². The van der Waals surface area contributed by atoms with E-state index in [1.807, 2.05) is 0 Å². The highest BCUT2D eigenvalue weighted by Gasteiger charge is 2.25. The summed E-state index contributed by atoms with van der Waals surface area (Å²) in [5.41, 5.74) is 6.25. The van der Waals surface area contributed by atoms with Crippen LogP contribution in [0.4, 0.5) is 5.69 Å². The van der Waals surface area contributed by atoms with Crippen LogP contribution in [0.5, 0.6) is 0 Å². The molecule has 1 fully saturated rings. The van der Waals surface area contributed by atoms with Crippen molar-refractivity contribution in [1.82, 2.24) is 9.47 Å². The fourth-order valence-electron chi connectivity index (χ4n) is 4.68. The summed E-state index contributed by atoms with van der Waals surface area (Å²) in [7, 11) is 2.13. The number of para-hydroxylation sites is 2. The number of nitrogens with zero attached hydrogens (tertiary/aromatic N) is 2. The second kappa shape index (κ2) is 8.58. The van der Waals surface area contributed by atoms with Crippen molar-refractivity contribution in [2.24, 2.45) is 7.05 Å². The van der Waals surface area contributed by atoms with Crippen LogP contribution in [0, 0.1) is 13.8 Å². The van der Waals surface area contributed by atoms with Gasteiger partial charge in [-0.2, -0.15) is 0 Å². The molecule has 4 heteroatoms. The van der Waals surface area contributed by atoms with Crippen molar-refractivity contribution < 1.29 is 0 Å². The Balaban J connectivity index is 1.65. The van der Waals surface area contributed by atoms with E-state index in [9.17, 15) is 0 Å². The molecule has 0 bridgehead atoms. The van der Waals surface area contributed by atoms with Crippen molar-refractivity contribution in [2.45, 2.75) is 58.5 Å². The molecule has 152 valence electrons. The summed E-state index contributed by atoms with van der Waals surface area (Å²) >= 11 is 5.99. The zero-order chi connectivity index (χ0) is 20.4. The lowest BCUT2D eigenvalue weighted by molar-refractivity contribution is 0.241. The normalized spacial score (nSPS) is 14.9. The smallest absolute Gasteiger partial charge is 0.173 e. The average Bonchev–Trinajstić information content (AvgIpc) is 3.05. The van der Waals surface area contributed by atoms with Crippen LogP contribution in [0.15, 0.2) is 48.7 Å². The summed E-state index contributed by atoms with van der Waals surface area (Å²) in [5, 5.41) is 5.78. The molecule has 4 rings (SSSR count). The third kappa shape index (κ3) is 4.18. The summed E-state index contributed by atoms with van der Waals surface area (Å²) in [5.74, 6) is 0. The summed E-state index contributed by atoms with van der Waals surface area (Å²) in [6.07, 6.45) is 8.64. The molecule has 29 heavy (non-hydrogen) atoms. The van der Waals surface area contributed by atoms with Crippen LogP contribution in [-0.4, -0.2) is 20.6 Å². The van der Waals surface area contributed by atoms with Crippen molar-refractivity contribution in [1.29, 1.82) is 0 Å². The molecule has 0 aliphatic heterocycles. The third-order valence-corrected chi connectivity index (χ3v) is 6.65. The predicted molar refractivity (Wildman–Crippen MR) is 127 cm³/mol. The van der Waals surface area contributed by atoms with Gasteiger partial charge in [0.05, 0.1) is 0 Å². The van der Waals surface area contributed by atoms with E-state index in [2.05, 4.69) is 84.3 Å². The van der Waals surface area contributed by atoms with Crippen LogP contribution in [0.3, 0.4) is 0 Å². The van der Waals surface area contributed by atoms with Crippen molar-refractivity contribution in [2.75, 3.05) is 5.32 Å². The second-order valence-corrected chi connectivity index (χ2v) is 8.79. The van der Waals surface area contributed by atoms with Gasteiger partial charge in [-0.25, -0.2) is 0 Å². The minimum atomic E-state index is 0.507. The lowest BCUT2D eigenvalue weighted by atomic mass is 9.94. The standard InChI is InChI=1S/C25H31N3S/c1-18-10-9-11-19(2)24(18)26-25(29)28(21-12-5-4-6-13-21)17-20-16-27(3)23-15-8-7-14-22(20)23/h7-11,14-16,21H,4-6,12-13,17H2,1-3H3,(H,26,29). The number of benzene rings is 2. The SMILES string of the molecule is Cc1cccc(C)c1NC(=S)N(Cc1cn(C)c2ccccc12)C1CCCCC1. The van der Waals surface area contributed by atoms with Crippen LogP contribution in [0.25, 0.3) is 10.9 Å². The van der Waals surface area contributed by atoms with Crippen LogP contribution >= 0.6 is 12.2 Å². The molecule has 1 heterocycles. The summed E-state index contributed by atoms with van der Waals surface area (Å²) in [4.78, 5) is 2.45. The Bertz CT molecular complexity index is 994. The molecular weight excluding hydrogens is 374 g/mol. The molecule has 2 aromatic carbocycles. The topological polar surface area (TPSA) is 20.2 Å². The highest BCUT2D eigenvalue weighted by Crippen LogP contribution is 2.29. The van der Waals surface area contributed by atoms with Crippen molar-refractivity contribution in [3.8, 4) is 0 Å².